The second-order valence-electron chi connectivity index (χ2n) is 2.79. The highest BCUT2D eigenvalue weighted by atomic mass is 16.7. The van der Waals surface area contributed by atoms with Crippen LogP contribution in [0, 0.1) is 0 Å². The van der Waals surface area contributed by atoms with Crippen molar-refractivity contribution in [2.45, 2.75) is 6.29 Å². The van der Waals surface area contributed by atoms with Crippen molar-refractivity contribution in [1.82, 2.24) is 4.57 Å². The van der Waals surface area contributed by atoms with Crippen molar-refractivity contribution in [3.05, 3.63) is 46.8 Å². The first-order valence-corrected chi connectivity index (χ1v) is 3.90. The first-order chi connectivity index (χ1) is 6.27. The highest BCUT2D eigenvalue weighted by Gasteiger charge is 2.15. The fraction of sp³-hybridized carbons (Fsp3) is 0.222. The average Bonchev–Trinajstić information content (AvgIpc) is 2.62. The molecule has 2 rings (SSSR count). The molecule has 0 fully saturated rings. The molecule has 4 heteroatoms. The van der Waals surface area contributed by atoms with Gasteiger partial charge in [0.05, 0.1) is 0 Å². The van der Waals surface area contributed by atoms with E-state index in [2.05, 4.69) is 0 Å². The Morgan fingerprint density at radius 3 is 2.62 bits per heavy atom. The van der Waals surface area contributed by atoms with Crippen molar-refractivity contribution in [2.24, 2.45) is 7.05 Å². The third-order valence-electron chi connectivity index (χ3n) is 1.84. The topological polar surface area (TPSA) is 40.5 Å². The predicted octanol–water partition coefficient (Wildman–Crippen LogP) is 0.902. The van der Waals surface area contributed by atoms with E-state index in [1.54, 1.807) is 19.3 Å². The lowest BCUT2D eigenvalue weighted by Crippen LogP contribution is -2.16. The third-order valence-corrected chi connectivity index (χ3v) is 1.84. The van der Waals surface area contributed by atoms with Crippen molar-refractivity contribution >= 4 is 0 Å². The van der Waals surface area contributed by atoms with Gasteiger partial charge in [-0.1, -0.05) is 0 Å². The fourth-order valence-electron chi connectivity index (χ4n) is 1.15. The van der Waals surface area contributed by atoms with E-state index in [0.29, 0.717) is 0 Å². The summed E-state index contributed by atoms with van der Waals surface area (Å²) in [5, 5.41) is 0. The van der Waals surface area contributed by atoms with E-state index in [1.807, 2.05) is 0 Å². The van der Waals surface area contributed by atoms with Crippen LogP contribution in [0.2, 0.25) is 0 Å². The minimum Gasteiger partial charge on any atom is -0.455 e. The predicted molar refractivity (Wildman–Crippen MR) is 45.7 cm³/mol. The van der Waals surface area contributed by atoms with Crippen LogP contribution in [0.3, 0.4) is 0 Å². The van der Waals surface area contributed by atoms with Crippen molar-refractivity contribution in [3.63, 3.8) is 0 Å². The van der Waals surface area contributed by atoms with E-state index in [0.717, 1.165) is 5.56 Å². The molecule has 4 nitrogen and oxygen atoms in total. The average molecular weight is 179 g/mol. The molecule has 1 aromatic rings. The summed E-state index contributed by atoms with van der Waals surface area (Å²) in [7, 11) is 1.69. The molecule has 0 N–H and O–H groups in total. The third kappa shape index (κ3) is 1.42. The summed E-state index contributed by atoms with van der Waals surface area (Å²) in [6.07, 6.45) is 4.25. The van der Waals surface area contributed by atoms with Crippen LogP contribution < -0.4 is 5.56 Å². The highest BCUT2D eigenvalue weighted by molar-refractivity contribution is 5.12. The van der Waals surface area contributed by atoms with E-state index < -0.39 is 6.29 Å². The first-order valence-electron chi connectivity index (χ1n) is 3.90. The van der Waals surface area contributed by atoms with Crippen LogP contribution in [0.4, 0.5) is 0 Å². The number of aromatic nitrogens is 1. The maximum absolute atomic E-state index is 11.1. The highest BCUT2D eigenvalue weighted by Crippen LogP contribution is 2.22. The van der Waals surface area contributed by atoms with Crippen molar-refractivity contribution in [3.8, 4) is 0 Å². The SMILES string of the molecule is Cn1cc(C2OC=CO2)ccc1=O. The molecule has 13 heavy (non-hydrogen) atoms. The van der Waals surface area contributed by atoms with Gasteiger partial charge >= 0.3 is 0 Å². The molecule has 0 atom stereocenters. The summed E-state index contributed by atoms with van der Waals surface area (Å²) in [5.41, 5.74) is 0.779. The Morgan fingerprint density at radius 1 is 1.31 bits per heavy atom. The maximum atomic E-state index is 11.1. The standard InChI is InChI=1S/C9H9NO3/c1-10-6-7(2-3-8(10)11)9-12-4-5-13-9/h2-6,9H,1H3. The first kappa shape index (κ1) is 7.91. The van der Waals surface area contributed by atoms with E-state index >= 15 is 0 Å². The van der Waals surface area contributed by atoms with Gasteiger partial charge in [-0.2, -0.15) is 0 Å². The van der Waals surface area contributed by atoms with E-state index in [4.69, 9.17) is 9.47 Å². The van der Waals surface area contributed by atoms with Gasteiger partial charge in [0, 0.05) is 24.9 Å². The Bertz CT molecular complexity index is 386. The van der Waals surface area contributed by atoms with Crippen LogP contribution in [0.15, 0.2) is 35.6 Å². The van der Waals surface area contributed by atoms with Gasteiger partial charge < -0.3 is 14.0 Å². The molecule has 0 unspecified atom stereocenters. The van der Waals surface area contributed by atoms with Gasteiger partial charge in [-0.05, 0) is 6.07 Å². The zero-order chi connectivity index (χ0) is 9.26. The number of hydrogen-bond donors (Lipinski definition) is 0. The Morgan fingerprint density at radius 2 is 2.00 bits per heavy atom. The van der Waals surface area contributed by atoms with Crippen LogP contribution in [0.5, 0.6) is 0 Å². The molecule has 1 aliphatic rings. The van der Waals surface area contributed by atoms with Crippen molar-refractivity contribution < 1.29 is 9.47 Å². The van der Waals surface area contributed by atoms with Gasteiger partial charge in [0.15, 0.2) is 0 Å². The summed E-state index contributed by atoms with van der Waals surface area (Å²) in [6.45, 7) is 0. The lowest BCUT2D eigenvalue weighted by atomic mass is 10.3. The number of nitrogens with zero attached hydrogens (tertiary/aromatic N) is 1. The molecule has 2 heterocycles. The normalized spacial score (nSPS) is 15.5. The molecular weight excluding hydrogens is 170 g/mol. The second kappa shape index (κ2) is 2.97. The quantitative estimate of drug-likeness (QED) is 0.643. The van der Waals surface area contributed by atoms with Crippen molar-refractivity contribution in [2.75, 3.05) is 0 Å². The summed E-state index contributed by atoms with van der Waals surface area (Å²) >= 11 is 0. The van der Waals surface area contributed by atoms with Gasteiger partial charge in [0.2, 0.25) is 5.56 Å². The number of ether oxygens (including phenoxy) is 2. The molecule has 0 bridgehead atoms. The van der Waals surface area contributed by atoms with Crippen LogP contribution >= 0.6 is 0 Å². The summed E-state index contributed by atoms with van der Waals surface area (Å²) in [4.78, 5) is 11.1. The number of aryl methyl sites for hydroxylation is 1. The van der Waals surface area contributed by atoms with Crippen molar-refractivity contribution in [1.29, 1.82) is 0 Å². The minimum atomic E-state index is -0.410. The Labute approximate surface area is 75.0 Å². The van der Waals surface area contributed by atoms with Crippen LogP contribution in [0.25, 0.3) is 0 Å². The van der Waals surface area contributed by atoms with Gasteiger partial charge in [0.1, 0.15) is 12.5 Å². The van der Waals surface area contributed by atoms with Gasteiger partial charge in [-0.15, -0.1) is 0 Å². The zero-order valence-corrected chi connectivity index (χ0v) is 7.14. The lowest BCUT2D eigenvalue weighted by molar-refractivity contribution is -0.0250. The minimum absolute atomic E-state index is 0.0466. The van der Waals surface area contributed by atoms with Crippen LogP contribution in [0.1, 0.15) is 11.9 Å². The molecule has 0 radical (unpaired) electrons. The molecule has 1 aromatic heterocycles. The summed E-state index contributed by atoms with van der Waals surface area (Å²) in [5.74, 6) is 0. The maximum Gasteiger partial charge on any atom is 0.267 e. The summed E-state index contributed by atoms with van der Waals surface area (Å²) < 4.78 is 11.7. The van der Waals surface area contributed by atoms with E-state index in [9.17, 15) is 4.79 Å². The summed E-state index contributed by atoms with van der Waals surface area (Å²) in [6, 6.07) is 3.18. The molecule has 68 valence electrons. The van der Waals surface area contributed by atoms with Crippen LogP contribution in [-0.4, -0.2) is 4.57 Å². The molecule has 0 spiro atoms. The van der Waals surface area contributed by atoms with Crippen LogP contribution in [-0.2, 0) is 16.5 Å². The largest absolute Gasteiger partial charge is 0.455 e. The number of hydrogen-bond acceptors (Lipinski definition) is 3. The number of rotatable bonds is 1. The van der Waals surface area contributed by atoms with Gasteiger partial charge in [-0.25, -0.2) is 0 Å². The van der Waals surface area contributed by atoms with E-state index in [1.165, 1.54) is 23.2 Å². The zero-order valence-electron chi connectivity index (χ0n) is 7.14. The Kier molecular flexibility index (Phi) is 1.81. The molecule has 0 amide bonds. The monoisotopic (exact) mass is 179 g/mol. The van der Waals surface area contributed by atoms with Gasteiger partial charge in [0.25, 0.3) is 6.29 Å². The molecule has 0 aromatic carbocycles. The van der Waals surface area contributed by atoms with E-state index in [-0.39, 0.29) is 5.56 Å². The smallest absolute Gasteiger partial charge is 0.267 e. The molecule has 0 saturated carbocycles. The Balaban J connectivity index is 2.31. The molecule has 0 aliphatic carbocycles. The second-order valence-corrected chi connectivity index (χ2v) is 2.79. The number of pyridine rings is 1. The van der Waals surface area contributed by atoms with Gasteiger partial charge in [-0.3, -0.25) is 4.79 Å². The molecule has 1 aliphatic heterocycles. The fourth-order valence-corrected chi connectivity index (χ4v) is 1.15. The molecule has 0 saturated heterocycles. The molecular formula is C9H9NO3. The lowest BCUT2D eigenvalue weighted by Gasteiger charge is -2.10. The Hall–Kier alpha value is -1.71.